The smallest absolute Gasteiger partial charge is 0.246 e. The number of amides is 1. The van der Waals surface area contributed by atoms with Gasteiger partial charge in [0.25, 0.3) is 0 Å². The van der Waals surface area contributed by atoms with E-state index in [0.29, 0.717) is 13.2 Å². The fourth-order valence-corrected chi connectivity index (χ4v) is 1.08. The highest BCUT2D eigenvalue weighted by molar-refractivity contribution is 5.87. The van der Waals surface area contributed by atoms with Crippen LogP contribution in [0.2, 0.25) is 0 Å². The second kappa shape index (κ2) is 6.66. The molecule has 1 amide bonds. The van der Waals surface area contributed by atoms with E-state index in [0.717, 1.165) is 6.42 Å². The van der Waals surface area contributed by atoms with Gasteiger partial charge in [-0.15, -0.1) is 0 Å². The molecule has 0 saturated heterocycles. The summed E-state index contributed by atoms with van der Waals surface area (Å²) in [5.41, 5.74) is 0. The Morgan fingerprint density at radius 3 is 2.69 bits per heavy atom. The first-order valence-electron chi connectivity index (χ1n) is 4.59. The van der Waals surface area contributed by atoms with E-state index in [1.807, 2.05) is 6.92 Å². The Kier molecular flexibility index (Phi) is 6.24. The largest absolute Gasteiger partial charge is 0.383 e. The van der Waals surface area contributed by atoms with Crippen LogP contribution in [0.15, 0.2) is 12.7 Å². The Labute approximate surface area is 80.4 Å². The highest BCUT2D eigenvalue weighted by Gasteiger charge is 2.15. The molecular formula is C10H19NO2. The van der Waals surface area contributed by atoms with E-state index >= 15 is 0 Å². The summed E-state index contributed by atoms with van der Waals surface area (Å²) >= 11 is 0. The number of carbonyl (C=O) groups is 1. The topological polar surface area (TPSA) is 29.5 Å². The zero-order valence-corrected chi connectivity index (χ0v) is 8.75. The second-order valence-corrected chi connectivity index (χ2v) is 2.99. The maximum atomic E-state index is 11.4. The molecule has 0 radical (unpaired) electrons. The fraction of sp³-hybridized carbons (Fsp3) is 0.700. The van der Waals surface area contributed by atoms with E-state index in [9.17, 15) is 4.79 Å². The summed E-state index contributed by atoms with van der Waals surface area (Å²) in [6, 6.07) is 0.251. The van der Waals surface area contributed by atoms with Crippen molar-refractivity contribution in [2.24, 2.45) is 0 Å². The average Bonchev–Trinajstić information content (AvgIpc) is 2.17. The lowest BCUT2D eigenvalue weighted by molar-refractivity contribution is -0.128. The zero-order chi connectivity index (χ0) is 10.3. The van der Waals surface area contributed by atoms with Crippen LogP contribution in [0.3, 0.4) is 0 Å². The monoisotopic (exact) mass is 185 g/mol. The van der Waals surface area contributed by atoms with E-state index in [1.54, 1.807) is 12.0 Å². The Hall–Kier alpha value is -0.830. The molecule has 0 rings (SSSR count). The molecule has 0 aliphatic heterocycles. The van der Waals surface area contributed by atoms with Crippen molar-refractivity contribution in [3.8, 4) is 0 Å². The normalized spacial score (nSPS) is 12.2. The number of hydrogen-bond acceptors (Lipinski definition) is 2. The summed E-state index contributed by atoms with van der Waals surface area (Å²) in [5, 5.41) is 0. The molecule has 13 heavy (non-hydrogen) atoms. The van der Waals surface area contributed by atoms with Crippen molar-refractivity contribution in [1.29, 1.82) is 0 Å². The zero-order valence-electron chi connectivity index (χ0n) is 8.75. The van der Waals surface area contributed by atoms with Gasteiger partial charge in [0.15, 0.2) is 0 Å². The molecule has 0 aromatic carbocycles. The lowest BCUT2D eigenvalue weighted by atomic mass is 10.2. The lowest BCUT2D eigenvalue weighted by Crippen LogP contribution is -2.39. The van der Waals surface area contributed by atoms with Gasteiger partial charge < -0.3 is 9.64 Å². The quantitative estimate of drug-likeness (QED) is 0.586. The summed E-state index contributed by atoms with van der Waals surface area (Å²) in [6.45, 7) is 8.76. The molecule has 0 aliphatic carbocycles. The molecule has 1 unspecified atom stereocenters. The average molecular weight is 185 g/mol. The molecule has 3 nitrogen and oxygen atoms in total. The van der Waals surface area contributed by atoms with E-state index in [1.165, 1.54) is 6.08 Å². The van der Waals surface area contributed by atoms with Gasteiger partial charge >= 0.3 is 0 Å². The number of carbonyl (C=O) groups excluding carboxylic acids is 1. The Bertz CT molecular complexity index is 168. The minimum absolute atomic E-state index is 0.0219. The highest BCUT2D eigenvalue weighted by atomic mass is 16.5. The van der Waals surface area contributed by atoms with Crippen molar-refractivity contribution in [2.45, 2.75) is 26.3 Å². The number of rotatable bonds is 6. The lowest BCUT2D eigenvalue weighted by Gasteiger charge is -2.27. The summed E-state index contributed by atoms with van der Waals surface area (Å²) in [7, 11) is 1.63. The van der Waals surface area contributed by atoms with Gasteiger partial charge in [-0.25, -0.2) is 0 Å². The van der Waals surface area contributed by atoms with Crippen LogP contribution in [0.1, 0.15) is 20.3 Å². The molecule has 0 aliphatic rings. The summed E-state index contributed by atoms with van der Waals surface area (Å²) in [4.78, 5) is 13.1. The number of ether oxygens (including phenoxy) is 1. The first-order chi connectivity index (χ1) is 6.17. The first kappa shape index (κ1) is 12.2. The molecule has 0 fully saturated rings. The first-order valence-corrected chi connectivity index (χ1v) is 4.59. The van der Waals surface area contributed by atoms with Crippen LogP contribution in [0.25, 0.3) is 0 Å². The minimum atomic E-state index is -0.0219. The maximum Gasteiger partial charge on any atom is 0.246 e. The van der Waals surface area contributed by atoms with Gasteiger partial charge in [-0.3, -0.25) is 4.79 Å². The van der Waals surface area contributed by atoms with Gasteiger partial charge in [0.05, 0.1) is 6.61 Å². The third-order valence-corrected chi connectivity index (χ3v) is 2.12. The van der Waals surface area contributed by atoms with E-state index in [4.69, 9.17) is 4.74 Å². The molecule has 0 aromatic rings. The van der Waals surface area contributed by atoms with Crippen molar-refractivity contribution in [3.63, 3.8) is 0 Å². The molecule has 0 bridgehead atoms. The Morgan fingerprint density at radius 2 is 2.31 bits per heavy atom. The summed E-state index contributed by atoms with van der Waals surface area (Å²) in [5.74, 6) is -0.0219. The van der Waals surface area contributed by atoms with Crippen LogP contribution in [0.4, 0.5) is 0 Å². The maximum absolute atomic E-state index is 11.4. The Balaban J connectivity index is 4.17. The molecule has 3 heteroatoms. The predicted molar refractivity (Wildman–Crippen MR) is 53.5 cm³/mol. The predicted octanol–water partition coefficient (Wildman–Crippen LogP) is 1.45. The van der Waals surface area contributed by atoms with Crippen LogP contribution in [-0.4, -0.2) is 37.1 Å². The SMILES string of the molecule is C=CC(=O)N(CCOC)C(C)CC. The molecule has 0 N–H and O–H groups in total. The summed E-state index contributed by atoms with van der Waals surface area (Å²) < 4.78 is 4.93. The molecular weight excluding hydrogens is 166 g/mol. The van der Waals surface area contributed by atoms with Gasteiger partial charge in [0, 0.05) is 19.7 Å². The van der Waals surface area contributed by atoms with Crippen molar-refractivity contribution >= 4 is 5.91 Å². The van der Waals surface area contributed by atoms with Crippen molar-refractivity contribution in [2.75, 3.05) is 20.3 Å². The van der Waals surface area contributed by atoms with E-state index < -0.39 is 0 Å². The standard InChI is InChI=1S/C10H19NO2/c1-5-9(3)11(7-8-13-4)10(12)6-2/h6,9H,2,5,7-8H2,1,3-4H3. The third kappa shape index (κ3) is 4.08. The number of nitrogens with zero attached hydrogens (tertiary/aromatic N) is 1. The fourth-order valence-electron chi connectivity index (χ4n) is 1.08. The van der Waals surface area contributed by atoms with Gasteiger partial charge in [-0.05, 0) is 19.4 Å². The molecule has 1 atom stereocenters. The summed E-state index contributed by atoms with van der Waals surface area (Å²) in [6.07, 6.45) is 2.30. The van der Waals surface area contributed by atoms with Crippen molar-refractivity contribution in [1.82, 2.24) is 4.90 Å². The van der Waals surface area contributed by atoms with Crippen LogP contribution in [-0.2, 0) is 9.53 Å². The van der Waals surface area contributed by atoms with Gasteiger partial charge in [0.2, 0.25) is 5.91 Å². The van der Waals surface area contributed by atoms with Gasteiger partial charge in [-0.1, -0.05) is 13.5 Å². The molecule has 76 valence electrons. The van der Waals surface area contributed by atoms with Crippen LogP contribution >= 0.6 is 0 Å². The molecule has 0 spiro atoms. The van der Waals surface area contributed by atoms with Gasteiger partial charge in [0.1, 0.15) is 0 Å². The van der Waals surface area contributed by atoms with E-state index in [-0.39, 0.29) is 11.9 Å². The molecule has 0 heterocycles. The molecule has 0 aromatic heterocycles. The third-order valence-electron chi connectivity index (χ3n) is 2.12. The Morgan fingerprint density at radius 1 is 1.69 bits per heavy atom. The van der Waals surface area contributed by atoms with Crippen molar-refractivity contribution in [3.05, 3.63) is 12.7 Å². The second-order valence-electron chi connectivity index (χ2n) is 2.99. The van der Waals surface area contributed by atoms with Crippen LogP contribution in [0.5, 0.6) is 0 Å². The molecule has 0 saturated carbocycles. The highest BCUT2D eigenvalue weighted by Crippen LogP contribution is 2.03. The van der Waals surface area contributed by atoms with E-state index in [2.05, 4.69) is 13.5 Å². The van der Waals surface area contributed by atoms with Gasteiger partial charge in [-0.2, -0.15) is 0 Å². The van der Waals surface area contributed by atoms with Crippen molar-refractivity contribution < 1.29 is 9.53 Å². The van der Waals surface area contributed by atoms with Crippen LogP contribution < -0.4 is 0 Å². The van der Waals surface area contributed by atoms with Crippen LogP contribution in [0, 0.1) is 0 Å². The minimum Gasteiger partial charge on any atom is -0.383 e. The number of hydrogen-bond donors (Lipinski definition) is 0. The number of methoxy groups -OCH3 is 1.